The molecule has 0 aliphatic carbocycles. The van der Waals surface area contributed by atoms with Gasteiger partial charge in [-0.05, 0) is 42.0 Å². The van der Waals surface area contributed by atoms with Gasteiger partial charge in [-0.3, -0.25) is 4.79 Å². The summed E-state index contributed by atoms with van der Waals surface area (Å²) in [4.78, 5) is 13.6. The van der Waals surface area contributed by atoms with Crippen LogP contribution in [0.2, 0.25) is 0 Å². The summed E-state index contributed by atoms with van der Waals surface area (Å²) in [7, 11) is 0. The number of ether oxygens (including phenoxy) is 1. The summed E-state index contributed by atoms with van der Waals surface area (Å²) in [5, 5.41) is 13.2. The highest BCUT2D eigenvalue weighted by molar-refractivity contribution is 7.12. The number of hydrogen-bond acceptors (Lipinski definition) is 4. The van der Waals surface area contributed by atoms with Gasteiger partial charge in [-0.25, -0.2) is 4.39 Å². The quantitative estimate of drug-likeness (QED) is 0.666. The smallest absolute Gasteiger partial charge is 0.258 e. The second-order valence-corrected chi connectivity index (χ2v) is 6.84. The van der Waals surface area contributed by atoms with Crippen molar-refractivity contribution in [2.45, 2.75) is 12.6 Å². The third-order valence-corrected chi connectivity index (χ3v) is 4.85. The molecule has 0 radical (unpaired) electrons. The maximum absolute atomic E-state index is 12.8. The number of benzene rings is 2. The van der Waals surface area contributed by atoms with Gasteiger partial charge in [-0.1, -0.05) is 30.3 Å². The zero-order valence-electron chi connectivity index (χ0n) is 13.9. The van der Waals surface area contributed by atoms with Crippen LogP contribution in [-0.4, -0.2) is 17.6 Å². The Morgan fingerprint density at radius 1 is 1.08 bits per heavy atom. The van der Waals surface area contributed by atoms with Gasteiger partial charge in [0.15, 0.2) is 6.61 Å². The summed E-state index contributed by atoms with van der Waals surface area (Å²) in [5.74, 6) is -0.188. The molecule has 0 fully saturated rings. The molecule has 2 aromatic carbocycles. The van der Waals surface area contributed by atoms with E-state index in [1.165, 1.54) is 35.6 Å². The van der Waals surface area contributed by atoms with E-state index >= 15 is 0 Å². The first-order valence-corrected chi connectivity index (χ1v) is 8.90. The molecule has 134 valence electrons. The first kappa shape index (κ1) is 18.1. The number of halogens is 1. The molecule has 4 nitrogen and oxygen atoms in total. The monoisotopic (exact) mass is 371 g/mol. The molecule has 1 heterocycles. The molecule has 0 bridgehead atoms. The van der Waals surface area contributed by atoms with Crippen molar-refractivity contribution >= 4 is 17.2 Å². The van der Waals surface area contributed by atoms with E-state index in [9.17, 15) is 14.3 Å². The van der Waals surface area contributed by atoms with Crippen molar-refractivity contribution < 1.29 is 19.0 Å². The van der Waals surface area contributed by atoms with E-state index < -0.39 is 6.10 Å². The van der Waals surface area contributed by atoms with Gasteiger partial charge in [0.05, 0.1) is 6.54 Å². The van der Waals surface area contributed by atoms with Gasteiger partial charge in [-0.2, -0.15) is 0 Å². The minimum atomic E-state index is -0.674. The highest BCUT2D eigenvalue weighted by Crippen LogP contribution is 2.28. The van der Waals surface area contributed by atoms with Crippen LogP contribution in [0.4, 0.5) is 4.39 Å². The fourth-order valence-corrected chi connectivity index (χ4v) is 3.32. The second kappa shape index (κ2) is 8.60. The van der Waals surface area contributed by atoms with Gasteiger partial charge in [-0.15, -0.1) is 11.3 Å². The molecule has 3 aromatic rings. The van der Waals surface area contributed by atoms with E-state index in [4.69, 9.17) is 4.74 Å². The van der Waals surface area contributed by atoms with Gasteiger partial charge in [0.1, 0.15) is 17.7 Å². The fourth-order valence-electron chi connectivity index (χ4n) is 2.35. The minimum Gasteiger partial charge on any atom is -0.484 e. The van der Waals surface area contributed by atoms with Crippen LogP contribution in [0.15, 0.2) is 66.7 Å². The van der Waals surface area contributed by atoms with Gasteiger partial charge < -0.3 is 15.2 Å². The van der Waals surface area contributed by atoms with Crippen molar-refractivity contribution in [3.05, 3.63) is 87.9 Å². The Morgan fingerprint density at radius 3 is 2.54 bits per heavy atom. The average Bonchev–Trinajstić information content (AvgIpc) is 3.15. The Morgan fingerprint density at radius 2 is 1.81 bits per heavy atom. The number of rotatable bonds is 7. The van der Waals surface area contributed by atoms with Crippen LogP contribution < -0.4 is 10.1 Å². The van der Waals surface area contributed by atoms with E-state index in [2.05, 4.69) is 5.32 Å². The van der Waals surface area contributed by atoms with Crippen LogP contribution in [0, 0.1) is 5.82 Å². The number of carbonyl (C=O) groups excluding carboxylic acids is 1. The molecule has 2 N–H and O–H groups in total. The molecule has 6 heteroatoms. The number of aliphatic hydroxyl groups excluding tert-OH is 1. The molecule has 1 unspecified atom stereocenters. The molecule has 1 atom stereocenters. The molecular weight excluding hydrogens is 353 g/mol. The molecule has 3 rings (SSSR count). The van der Waals surface area contributed by atoms with E-state index in [0.29, 0.717) is 12.3 Å². The van der Waals surface area contributed by atoms with Crippen molar-refractivity contribution in [1.82, 2.24) is 5.32 Å². The van der Waals surface area contributed by atoms with Gasteiger partial charge in [0.25, 0.3) is 5.91 Å². The van der Waals surface area contributed by atoms with Crippen molar-refractivity contribution in [3.8, 4) is 5.75 Å². The number of carbonyl (C=O) groups is 1. The fraction of sp³-hybridized carbons (Fsp3) is 0.150. The number of nitrogens with one attached hydrogen (secondary N) is 1. The van der Waals surface area contributed by atoms with Gasteiger partial charge >= 0.3 is 0 Å². The van der Waals surface area contributed by atoms with Crippen LogP contribution in [0.5, 0.6) is 5.75 Å². The third-order valence-electron chi connectivity index (χ3n) is 3.71. The van der Waals surface area contributed by atoms with Gasteiger partial charge in [0.2, 0.25) is 0 Å². The largest absolute Gasteiger partial charge is 0.484 e. The average molecular weight is 371 g/mol. The first-order chi connectivity index (χ1) is 12.6. The summed E-state index contributed by atoms with van der Waals surface area (Å²) in [5.41, 5.74) is 0.831. The van der Waals surface area contributed by atoms with E-state index in [0.717, 1.165) is 15.3 Å². The summed E-state index contributed by atoms with van der Waals surface area (Å²) < 4.78 is 18.1. The topological polar surface area (TPSA) is 58.6 Å². The Hall–Kier alpha value is -2.70. The zero-order valence-corrected chi connectivity index (χ0v) is 14.7. The van der Waals surface area contributed by atoms with Crippen LogP contribution >= 0.6 is 11.3 Å². The lowest BCUT2D eigenvalue weighted by atomic mass is 10.1. The number of thiophene rings is 1. The van der Waals surface area contributed by atoms with Crippen molar-refractivity contribution in [2.24, 2.45) is 0 Å². The standard InChI is InChI=1S/C20H18FNO3S/c21-15-6-8-16(9-7-15)25-13-19(23)22-12-17-10-11-18(26-17)20(24)14-4-2-1-3-5-14/h1-11,20,24H,12-13H2,(H,22,23). The predicted molar refractivity (Wildman–Crippen MR) is 98.6 cm³/mol. The van der Waals surface area contributed by atoms with Crippen molar-refractivity contribution in [2.75, 3.05) is 6.61 Å². The first-order valence-electron chi connectivity index (χ1n) is 8.08. The summed E-state index contributed by atoms with van der Waals surface area (Å²) >= 11 is 1.45. The summed E-state index contributed by atoms with van der Waals surface area (Å²) in [6.07, 6.45) is -0.674. The highest BCUT2D eigenvalue weighted by Gasteiger charge is 2.13. The maximum Gasteiger partial charge on any atom is 0.258 e. The normalized spacial score (nSPS) is 11.8. The summed E-state index contributed by atoms with van der Waals surface area (Å²) in [6, 6.07) is 18.7. The molecule has 0 aliphatic rings. The maximum atomic E-state index is 12.8. The van der Waals surface area contributed by atoms with Crippen LogP contribution in [0.25, 0.3) is 0 Å². The predicted octanol–water partition coefficient (Wildman–Crippen LogP) is 3.66. The Bertz CT molecular complexity index is 849. The molecular formula is C20H18FNO3S. The molecule has 26 heavy (non-hydrogen) atoms. The minimum absolute atomic E-state index is 0.142. The lowest BCUT2D eigenvalue weighted by Gasteiger charge is -2.08. The van der Waals surface area contributed by atoms with Crippen molar-refractivity contribution in [1.29, 1.82) is 0 Å². The van der Waals surface area contributed by atoms with E-state index in [-0.39, 0.29) is 18.3 Å². The number of hydrogen-bond donors (Lipinski definition) is 2. The Kier molecular flexibility index (Phi) is 5.99. The highest BCUT2D eigenvalue weighted by atomic mass is 32.1. The lowest BCUT2D eigenvalue weighted by molar-refractivity contribution is -0.123. The van der Waals surface area contributed by atoms with Crippen LogP contribution in [-0.2, 0) is 11.3 Å². The van der Waals surface area contributed by atoms with Crippen LogP contribution in [0.3, 0.4) is 0 Å². The lowest BCUT2D eigenvalue weighted by Crippen LogP contribution is -2.28. The second-order valence-electron chi connectivity index (χ2n) is 5.64. The number of aliphatic hydroxyl groups is 1. The Balaban J connectivity index is 1.48. The van der Waals surface area contributed by atoms with E-state index in [1.54, 1.807) is 0 Å². The summed E-state index contributed by atoms with van der Waals surface area (Å²) in [6.45, 7) is 0.217. The molecule has 0 saturated heterocycles. The zero-order chi connectivity index (χ0) is 18.4. The van der Waals surface area contributed by atoms with Crippen molar-refractivity contribution in [3.63, 3.8) is 0 Å². The van der Waals surface area contributed by atoms with Gasteiger partial charge in [0, 0.05) is 9.75 Å². The molecule has 0 saturated carbocycles. The third kappa shape index (κ3) is 4.91. The molecule has 1 amide bonds. The molecule has 0 aliphatic heterocycles. The SMILES string of the molecule is O=C(COc1ccc(F)cc1)NCc1ccc(C(O)c2ccccc2)s1. The number of amides is 1. The van der Waals surface area contributed by atoms with Crippen LogP contribution in [0.1, 0.15) is 21.4 Å². The Labute approximate surface area is 154 Å². The molecule has 0 spiro atoms. The molecule has 1 aromatic heterocycles. The van der Waals surface area contributed by atoms with E-state index in [1.807, 2.05) is 42.5 Å².